The summed E-state index contributed by atoms with van der Waals surface area (Å²) in [6.45, 7) is 7.25. The molecule has 94 valence electrons. The van der Waals surface area contributed by atoms with E-state index in [2.05, 4.69) is 24.0 Å². The van der Waals surface area contributed by atoms with E-state index in [1.165, 1.54) is 12.6 Å². The number of anilines is 1. The third-order valence-electron chi connectivity index (χ3n) is 2.72. The highest BCUT2D eigenvalue weighted by Gasteiger charge is 2.14. The zero-order valence-electron chi connectivity index (χ0n) is 10.8. The summed E-state index contributed by atoms with van der Waals surface area (Å²) in [7, 11) is 0. The maximum absolute atomic E-state index is 11.0. The summed E-state index contributed by atoms with van der Waals surface area (Å²) >= 11 is 0. The van der Waals surface area contributed by atoms with Gasteiger partial charge in [0.2, 0.25) is 0 Å². The molecule has 0 bridgehead atoms. The molecule has 1 rings (SSSR count). The zero-order chi connectivity index (χ0) is 12.7. The molecule has 0 aliphatic rings. The van der Waals surface area contributed by atoms with Crippen molar-refractivity contribution in [3.05, 3.63) is 30.3 Å². The molecule has 0 amide bonds. The molecule has 3 heteroatoms. The first-order valence-corrected chi connectivity index (χ1v) is 6.14. The second-order valence-electron chi connectivity index (χ2n) is 4.01. The molecule has 0 N–H and O–H groups in total. The quantitative estimate of drug-likeness (QED) is 0.710. The number of rotatable bonds is 6. The molecule has 0 aliphatic carbocycles. The molecule has 0 saturated heterocycles. The van der Waals surface area contributed by atoms with Crippen LogP contribution in [0.1, 0.15) is 27.2 Å². The minimum Gasteiger partial charge on any atom is -0.461 e. The van der Waals surface area contributed by atoms with Gasteiger partial charge in [-0.2, -0.15) is 0 Å². The third kappa shape index (κ3) is 4.47. The van der Waals surface area contributed by atoms with Gasteiger partial charge in [-0.15, -0.1) is 0 Å². The molecule has 0 aromatic heterocycles. The van der Waals surface area contributed by atoms with Crippen molar-refractivity contribution >= 4 is 11.7 Å². The first-order valence-electron chi connectivity index (χ1n) is 6.14. The van der Waals surface area contributed by atoms with Crippen LogP contribution < -0.4 is 4.90 Å². The number of carbonyl (C=O) groups excluding carboxylic acids is 1. The second kappa shape index (κ2) is 6.94. The Morgan fingerprint density at radius 1 is 1.29 bits per heavy atom. The Kier molecular flexibility index (Phi) is 5.53. The summed E-state index contributed by atoms with van der Waals surface area (Å²) in [4.78, 5) is 13.2. The van der Waals surface area contributed by atoms with E-state index in [-0.39, 0.29) is 12.1 Å². The summed E-state index contributed by atoms with van der Waals surface area (Å²) in [5.74, 6) is -0.207. The van der Waals surface area contributed by atoms with Crippen molar-refractivity contribution in [2.45, 2.75) is 33.3 Å². The summed E-state index contributed by atoms with van der Waals surface area (Å²) in [5.41, 5.74) is 1.17. The lowest BCUT2D eigenvalue weighted by Crippen LogP contribution is -2.34. The maximum atomic E-state index is 11.0. The van der Waals surface area contributed by atoms with Crippen LogP contribution in [-0.2, 0) is 9.53 Å². The van der Waals surface area contributed by atoms with Crippen LogP contribution in [0.2, 0.25) is 0 Å². The van der Waals surface area contributed by atoms with E-state index in [0.29, 0.717) is 0 Å². The van der Waals surface area contributed by atoms with Gasteiger partial charge in [-0.05, 0) is 25.5 Å². The van der Waals surface area contributed by atoms with E-state index in [9.17, 15) is 4.79 Å². The van der Waals surface area contributed by atoms with Crippen molar-refractivity contribution in [3.8, 4) is 0 Å². The number of carbonyl (C=O) groups is 1. The van der Waals surface area contributed by atoms with Gasteiger partial charge in [0.25, 0.3) is 0 Å². The van der Waals surface area contributed by atoms with Gasteiger partial charge in [0, 0.05) is 19.2 Å². The molecule has 17 heavy (non-hydrogen) atoms. The lowest BCUT2D eigenvalue weighted by atomic mass is 10.2. The van der Waals surface area contributed by atoms with Crippen LogP contribution in [0.4, 0.5) is 5.69 Å². The summed E-state index contributed by atoms with van der Waals surface area (Å²) in [5, 5.41) is 0. The summed E-state index contributed by atoms with van der Waals surface area (Å²) in [6, 6.07) is 10.2. The van der Waals surface area contributed by atoms with Crippen LogP contribution in [0.15, 0.2) is 30.3 Å². The topological polar surface area (TPSA) is 29.5 Å². The fourth-order valence-corrected chi connectivity index (χ4v) is 1.79. The molecule has 1 aromatic carbocycles. The van der Waals surface area contributed by atoms with E-state index in [0.717, 1.165) is 19.5 Å². The highest BCUT2D eigenvalue weighted by molar-refractivity contribution is 5.66. The van der Waals surface area contributed by atoms with Crippen molar-refractivity contribution in [1.82, 2.24) is 0 Å². The number of hydrogen-bond donors (Lipinski definition) is 0. The van der Waals surface area contributed by atoms with Crippen LogP contribution in [-0.4, -0.2) is 25.2 Å². The zero-order valence-corrected chi connectivity index (χ0v) is 10.8. The monoisotopic (exact) mass is 235 g/mol. The number of para-hydroxylation sites is 1. The summed E-state index contributed by atoms with van der Waals surface area (Å²) < 4.78 is 5.27. The van der Waals surface area contributed by atoms with Gasteiger partial charge in [0.1, 0.15) is 6.10 Å². The van der Waals surface area contributed by atoms with Gasteiger partial charge in [0.15, 0.2) is 0 Å². The molecule has 1 atom stereocenters. The molecule has 0 fully saturated rings. The van der Waals surface area contributed by atoms with Crippen LogP contribution >= 0.6 is 0 Å². The van der Waals surface area contributed by atoms with Crippen LogP contribution in [0.3, 0.4) is 0 Å². The molecule has 0 spiro atoms. The SMILES string of the molecule is CCC(CN(CC)c1ccccc1)OC(C)=O. The van der Waals surface area contributed by atoms with Crippen LogP contribution in [0.5, 0.6) is 0 Å². The van der Waals surface area contributed by atoms with E-state index in [1.54, 1.807) is 0 Å². The van der Waals surface area contributed by atoms with Gasteiger partial charge in [0.05, 0.1) is 6.54 Å². The number of ether oxygens (including phenoxy) is 1. The number of nitrogens with zero attached hydrogens (tertiary/aromatic N) is 1. The van der Waals surface area contributed by atoms with E-state index in [1.807, 2.05) is 25.1 Å². The molecule has 3 nitrogen and oxygen atoms in total. The second-order valence-corrected chi connectivity index (χ2v) is 4.01. The van der Waals surface area contributed by atoms with Crippen LogP contribution in [0.25, 0.3) is 0 Å². The smallest absolute Gasteiger partial charge is 0.302 e. The Labute approximate surface area is 103 Å². The molecule has 0 aliphatic heterocycles. The standard InChI is InChI=1S/C14H21NO2/c1-4-14(17-12(3)16)11-15(5-2)13-9-7-6-8-10-13/h6-10,14H,4-5,11H2,1-3H3. The molecule has 1 unspecified atom stereocenters. The lowest BCUT2D eigenvalue weighted by Gasteiger charge is -2.27. The average molecular weight is 235 g/mol. The Balaban J connectivity index is 2.65. The minimum atomic E-state index is -0.207. The summed E-state index contributed by atoms with van der Waals surface area (Å²) in [6.07, 6.45) is 0.802. The van der Waals surface area contributed by atoms with Crippen molar-refractivity contribution in [2.24, 2.45) is 0 Å². The Bertz CT molecular complexity index is 337. The fourth-order valence-electron chi connectivity index (χ4n) is 1.79. The molecule has 1 aromatic rings. The van der Waals surface area contributed by atoms with Crippen LogP contribution in [0, 0.1) is 0 Å². The molecular weight excluding hydrogens is 214 g/mol. The Morgan fingerprint density at radius 2 is 1.94 bits per heavy atom. The van der Waals surface area contributed by atoms with E-state index in [4.69, 9.17) is 4.74 Å². The predicted octanol–water partition coefficient (Wildman–Crippen LogP) is 2.85. The molecule has 0 radical (unpaired) electrons. The highest BCUT2D eigenvalue weighted by atomic mass is 16.5. The first kappa shape index (κ1) is 13.6. The van der Waals surface area contributed by atoms with E-state index < -0.39 is 0 Å². The largest absolute Gasteiger partial charge is 0.461 e. The van der Waals surface area contributed by atoms with Gasteiger partial charge >= 0.3 is 5.97 Å². The average Bonchev–Trinajstić information content (AvgIpc) is 2.35. The Hall–Kier alpha value is -1.51. The fraction of sp³-hybridized carbons (Fsp3) is 0.500. The predicted molar refractivity (Wildman–Crippen MR) is 70.2 cm³/mol. The van der Waals surface area contributed by atoms with Gasteiger partial charge in [-0.25, -0.2) is 0 Å². The molecular formula is C14H21NO2. The number of benzene rings is 1. The van der Waals surface area contributed by atoms with Crippen molar-refractivity contribution in [3.63, 3.8) is 0 Å². The van der Waals surface area contributed by atoms with Crippen molar-refractivity contribution in [1.29, 1.82) is 0 Å². The maximum Gasteiger partial charge on any atom is 0.302 e. The minimum absolute atomic E-state index is 0.0346. The van der Waals surface area contributed by atoms with Crippen molar-refractivity contribution in [2.75, 3.05) is 18.0 Å². The number of likely N-dealkylation sites (N-methyl/N-ethyl adjacent to an activating group) is 1. The number of hydrogen-bond acceptors (Lipinski definition) is 3. The number of esters is 1. The normalized spacial score (nSPS) is 11.9. The Morgan fingerprint density at radius 3 is 2.41 bits per heavy atom. The van der Waals surface area contributed by atoms with Gasteiger partial charge < -0.3 is 9.64 Å². The van der Waals surface area contributed by atoms with Gasteiger partial charge in [-0.3, -0.25) is 4.79 Å². The lowest BCUT2D eigenvalue weighted by molar-refractivity contribution is -0.145. The highest BCUT2D eigenvalue weighted by Crippen LogP contribution is 2.14. The third-order valence-corrected chi connectivity index (χ3v) is 2.72. The van der Waals surface area contributed by atoms with Crippen molar-refractivity contribution < 1.29 is 9.53 Å². The van der Waals surface area contributed by atoms with Gasteiger partial charge in [-0.1, -0.05) is 25.1 Å². The first-order chi connectivity index (χ1) is 8.17. The molecule has 0 heterocycles. The molecule has 0 saturated carbocycles. The van der Waals surface area contributed by atoms with E-state index >= 15 is 0 Å².